The summed E-state index contributed by atoms with van der Waals surface area (Å²) in [4.78, 5) is 30.2. The van der Waals surface area contributed by atoms with Crippen LogP contribution in [0.4, 0.5) is 5.69 Å². The van der Waals surface area contributed by atoms with Gasteiger partial charge in [0.1, 0.15) is 21.9 Å². The van der Waals surface area contributed by atoms with E-state index in [1.54, 1.807) is 0 Å². The summed E-state index contributed by atoms with van der Waals surface area (Å²) in [6.07, 6.45) is 4.28. The summed E-state index contributed by atoms with van der Waals surface area (Å²) in [7, 11) is 0. The van der Waals surface area contributed by atoms with Gasteiger partial charge in [0.15, 0.2) is 5.65 Å². The normalized spacial score (nSPS) is 10.8. The number of H-pyrrole nitrogens is 1. The number of nitrogens with two attached hydrogens (primary N) is 1. The topological polar surface area (TPSA) is 131 Å². The number of aromatic amines is 1. The van der Waals surface area contributed by atoms with Crippen LogP contribution in [0.1, 0.15) is 10.4 Å². The van der Waals surface area contributed by atoms with Gasteiger partial charge in [-0.15, -0.1) is 0 Å². The van der Waals surface area contributed by atoms with Gasteiger partial charge in [0, 0.05) is 6.20 Å². The van der Waals surface area contributed by atoms with E-state index in [1.807, 2.05) is 0 Å². The molecule has 0 aliphatic rings. The zero-order valence-electron chi connectivity index (χ0n) is 9.94. The number of anilines is 1. The molecular formula is C11H8N6O2S. The Morgan fingerprint density at radius 1 is 1.25 bits per heavy atom. The first-order valence-corrected chi connectivity index (χ1v) is 6.28. The Morgan fingerprint density at radius 3 is 2.90 bits per heavy atom. The Labute approximate surface area is 116 Å². The molecule has 4 N–H and O–H groups in total. The molecule has 0 radical (unpaired) electrons. The molecule has 3 aromatic rings. The monoisotopic (exact) mass is 288 g/mol. The SMILES string of the molecule is Nc1c(C(=O)O)ccnc1Sc1ncnc2nc[nH]c12. The van der Waals surface area contributed by atoms with Crippen molar-refractivity contribution in [3.63, 3.8) is 0 Å². The molecule has 0 fully saturated rings. The van der Waals surface area contributed by atoms with Crippen LogP contribution in [0.5, 0.6) is 0 Å². The van der Waals surface area contributed by atoms with Crippen LogP contribution in [0.2, 0.25) is 0 Å². The van der Waals surface area contributed by atoms with Gasteiger partial charge in [-0.3, -0.25) is 0 Å². The second kappa shape index (κ2) is 4.78. The van der Waals surface area contributed by atoms with Crippen LogP contribution in [0, 0.1) is 0 Å². The molecule has 3 aromatic heterocycles. The third-order valence-corrected chi connectivity index (χ3v) is 3.59. The molecule has 0 unspecified atom stereocenters. The molecule has 0 saturated carbocycles. The Kier molecular flexibility index (Phi) is 2.95. The lowest BCUT2D eigenvalue weighted by Crippen LogP contribution is -2.04. The van der Waals surface area contributed by atoms with E-state index in [9.17, 15) is 4.79 Å². The Morgan fingerprint density at radius 2 is 2.10 bits per heavy atom. The van der Waals surface area contributed by atoms with Gasteiger partial charge in [0.25, 0.3) is 0 Å². The highest BCUT2D eigenvalue weighted by atomic mass is 32.2. The van der Waals surface area contributed by atoms with E-state index in [0.717, 1.165) is 11.8 Å². The minimum Gasteiger partial charge on any atom is -0.478 e. The molecule has 3 rings (SSSR count). The van der Waals surface area contributed by atoms with Gasteiger partial charge in [-0.25, -0.2) is 24.7 Å². The zero-order valence-corrected chi connectivity index (χ0v) is 10.8. The molecule has 0 atom stereocenters. The summed E-state index contributed by atoms with van der Waals surface area (Å²) >= 11 is 1.16. The van der Waals surface area contributed by atoms with Crippen LogP contribution < -0.4 is 5.73 Å². The number of fused-ring (bicyclic) bond motifs is 1. The lowest BCUT2D eigenvalue weighted by Gasteiger charge is -2.06. The maximum Gasteiger partial charge on any atom is 0.337 e. The fourth-order valence-electron chi connectivity index (χ4n) is 1.63. The summed E-state index contributed by atoms with van der Waals surface area (Å²) in [5, 5.41) is 9.99. The fourth-order valence-corrected chi connectivity index (χ4v) is 2.50. The Balaban J connectivity index is 2.05. The average molecular weight is 288 g/mol. The minimum absolute atomic E-state index is 0.0115. The van der Waals surface area contributed by atoms with E-state index in [1.165, 1.54) is 24.9 Å². The van der Waals surface area contributed by atoms with Crippen molar-refractivity contribution < 1.29 is 9.90 Å². The predicted octanol–water partition coefficient (Wildman–Crippen LogP) is 1.18. The molecule has 0 aliphatic carbocycles. The van der Waals surface area contributed by atoms with Crippen molar-refractivity contribution in [1.82, 2.24) is 24.9 Å². The number of imidazole rings is 1. The van der Waals surface area contributed by atoms with E-state index in [2.05, 4.69) is 24.9 Å². The van der Waals surface area contributed by atoms with Crippen molar-refractivity contribution >= 4 is 34.6 Å². The smallest absolute Gasteiger partial charge is 0.337 e. The van der Waals surface area contributed by atoms with Crippen LogP contribution in [-0.2, 0) is 0 Å². The fraction of sp³-hybridized carbons (Fsp3) is 0. The highest BCUT2D eigenvalue weighted by molar-refractivity contribution is 7.99. The number of carboxylic acid groups (broad SMARTS) is 1. The largest absolute Gasteiger partial charge is 0.478 e. The summed E-state index contributed by atoms with van der Waals surface area (Å²) in [5.74, 6) is -1.10. The summed E-state index contributed by atoms with van der Waals surface area (Å²) in [6, 6.07) is 1.35. The molecular weight excluding hydrogens is 280 g/mol. The summed E-state index contributed by atoms with van der Waals surface area (Å²) < 4.78 is 0. The van der Waals surface area contributed by atoms with Gasteiger partial charge in [0.05, 0.1) is 17.6 Å². The van der Waals surface area contributed by atoms with E-state index in [0.29, 0.717) is 21.2 Å². The van der Waals surface area contributed by atoms with Gasteiger partial charge in [-0.05, 0) is 17.8 Å². The number of carbonyl (C=O) groups is 1. The van der Waals surface area contributed by atoms with Crippen LogP contribution in [-0.4, -0.2) is 36.0 Å². The van der Waals surface area contributed by atoms with Gasteiger partial charge in [-0.2, -0.15) is 0 Å². The first-order chi connectivity index (χ1) is 9.66. The summed E-state index contributed by atoms with van der Waals surface area (Å²) in [5.41, 5.74) is 7.11. The average Bonchev–Trinajstić information content (AvgIpc) is 2.90. The number of hydrogen-bond donors (Lipinski definition) is 3. The molecule has 0 saturated heterocycles. The molecule has 20 heavy (non-hydrogen) atoms. The quantitative estimate of drug-likeness (QED) is 0.612. The van der Waals surface area contributed by atoms with Crippen molar-refractivity contribution in [2.45, 2.75) is 10.1 Å². The third kappa shape index (κ3) is 2.03. The number of hydrogen-bond acceptors (Lipinski definition) is 7. The van der Waals surface area contributed by atoms with Crippen LogP contribution in [0.15, 0.2) is 35.0 Å². The zero-order chi connectivity index (χ0) is 14.1. The predicted molar refractivity (Wildman–Crippen MR) is 71.4 cm³/mol. The minimum atomic E-state index is -1.10. The van der Waals surface area contributed by atoms with Crippen LogP contribution in [0.25, 0.3) is 11.2 Å². The Hall–Kier alpha value is -2.68. The van der Waals surface area contributed by atoms with E-state index in [-0.39, 0.29) is 11.3 Å². The molecule has 0 spiro atoms. The maximum absolute atomic E-state index is 11.0. The standard InChI is InChI=1S/C11H8N6O2S/c12-6-5(11(18)19)1-2-13-9(6)20-10-7-8(15-3-14-7)16-4-17-10/h1-4H,12H2,(H,18,19)(H,14,15,16,17). The molecule has 0 aliphatic heterocycles. The second-order valence-electron chi connectivity index (χ2n) is 3.76. The summed E-state index contributed by atoms with van der Waals surface area (Å²) in [6.45, 7) is 0. The molecule has 100 valence electrons. The number of rotatable bonds is 3. The number of carboxylic acids is 1. The van der Waals surface area contributed by atoms with Gasteiger partial charge in [-0.1, -0.05) is 0 Å². The number of nitrogen functional groups attached to an aromatic ring is 1. The van der Waals surface area contributed by atoms with E-state index in [4.69, 9.17) is 10.8 Å². The number of nitrogens with zero attached hydrogens (tertiary/aromatic N) is 4. The molecule has 3 heterocycles. The van der Waals surface area contributed by atoms with E-state index >= 15 is 0 Å². The van der Waals surface area contributed by atoms with Crippen molar-refractivity contribution in [2.75, 3.05) is 5.73 Å². The van der Waals surface area contributed by atoms with Gasteiger partial charge >= 0.3 is 5.97 Å². The van der Waals surface area contributed by atoms with Crippen molar-refractivity contribution in [1.29, 1.82) is 0 Å². The molecule has 0 bridgehead atoms. The van der Waals surface area contributed by atoms with Crippen LogP contribution in [0.3, 0.4) is 0 Å². The highest BCUT2D eigenvalue weighted by Gasteiger charge is 2.15. The van der Waals surface area contributed by atoms with Gasteiger partial charge < -0.3 is 15.8 Å². The van der Waals surface area contributed by atoms with Crippen molar-refractivity contribution in [3.05, 3.63) is 30.5 Å². The first kappa shape index (κ1) is 12.4. The third-order valence-electron chi connectivity index (χ3n) is 2.57. The molecule has 0 amide bonds. The lowest BCUT2D eigenvalue weighted by molar-refractivity contribution is 0.0697. The first-order valence-electron chi connectivity index (χ1n) is 5.46. The highest BCUT2D eigenvalue weighted by Crippen LogP contribution is 2.33. The van der Waals surface area contributed by atoms with Crippen molar-refractivity contribution in [3.8, 4) is 0 Å². The van der Waals surface area contributed by atoms with Gasteiger partial charge in [0.2, 0.25) is 0 Å². The Bertz CT molecular complexity index is 802. The van der Waals surface area contributed by atoms with Crippen LogP contribution >= 0.6 is 11.8 Å². The number of pyridine rings is 1. The van der Waals surface area contributed by atoms with Crippen molar-refractivity contribution in [2.24, 2.45) is 0 Å². The second-order valence-corrected chi connectivity index (χ2v) is 4.74. The van der Waals surface area contributed by atoms with E-state index < -0.39 is 5.97 Å². The maximum atomic E-state index is 11.0. The molecule has 0 aromatic carbocycles. The lowest BCUT2D eigenvalue weighted by atomic mass is 10.2. The molecule has 9 heteroatoms. The number of nitrogens with one attached hydrogen (secondary N) is 1. The number of aromatic nitrogens is 5. The molecule has 8 nitrogen and oxygen atoms in total. The number of aromatic carboxylic acids is 1.